The van der Waals surface area contributed by atoms with Gasteiger partial charge >= 0.3 is 0 Å². The third-order valence-electron chi connectivity index (χ3n) is 3.28. The van der Waals surface area contributed by atoms with Crippen LogP contribution < -0.4 is 4.74 Å². The molecule has 0 N–H and O–H groups in total. The van der Waals surface area contributed by atoms with Gasteiger partial charge in [-0.3, -0.25) is 4.57 Å². The minimum Gasteiger partial charge on any atom is -0.493 e. The fraction of sp³-hybridized carbons (Fsp3) is 0.143. The number of hydrogen-bond acceptors (Lipinski definition) is 5. The van der Waals surface area contributed by atoms with Gasteiger partial charge in [0.25, 0.3) is 0 Å². The van der Waals surface area contributed by atoms with Gasteiger partial charge in [0.15, 0.2) is 5.82 Å². The normalized spacial score (nSPS) is 13.0. The molecule has 0 unspecified atom stereocenters. The molecule has 1 aliphatic heterocycles. The fourth-order valence-electron chi connectivity index (χ4n) is 2.29. The third-order valence-corrected chi connectivity index (χ3v) is 3.45. The summed E-state index contributed by atoms with van der Waals surface area (Å²) in [6, 6.07) is 5.89. The Balaban J connectivity index is 1.81. The van der Waals surface area contributed by atoms with E-state index in [0.717, 1.165) is 29.9 Å². The highest BCUT2D eigenvalue weighted by atomic mass is 35.5. The Bertz CT molecular complexity index is 803. The molecule has 21 heavy (non-hydrogen) atoms. The summed E-state index contributed by atoms with van der Waals surface area (Å²) in [5.74, 6) is 1.90. The number of fused-ring (bicyclic) bond motifs is 1. The molecule has 0 radical (unpaired) electrons. The smallest absolute Gasteiger partial charge is 0.239 e. The second kappa shape index (κ2) is 4.82. The van der Waals surface area contributed by atoms with Crippen LogP contribution in [0.4, 0.5) is 0 Å². The summed E-state index contributed by atoms with van der Waals surface area (Å²) >= 11 is 6.01. The topological polar surface area (TPSA) is 65.7 Å². The summed E-state index contributed by atoms with van der Waals surface area (Å²) in [7, 11) is 0. The largest absolute Gasteiger partial charge is 0.493 e. The van der Waals surface area contributed by atoms with Crippen LogP contribution in [-0.4, -0.2) is 31.1 Å². The maximum Gasteiger partial charge on any atom is 0.239 e. The summed E-state index contributed by atoms with van der Waals surface area (Å²) in [5.41, 5.74) is 2.05. The van der Waals surface area contributed by atoms with Crippen LogP contribution in [0.15, 0.2) is 36.9 Å². The van der Waals surface area contributed by atoms with Gasteiger partial charge in [-0.05, 0) is 35.4 Å². The van der Waals surface area contributed by atoms with Crippen LogP contribution in [-0.2, 0) is 6.42 Å². The lowest BCUT2D eigenvalue weighted by atomic mass is 10.1. The highest BCUT2D eigenvalue weighted by molar-refractivity contribution is 6.28. The predicted octanol–water partition coefficient (Wildman–Crippen LogP) is 2.31. The molecule has 0 amide bonds. The number of aromatic nitrogens is 5. The average molecular weight is 300 g/mol. The van der Waals surface area contributed by atoms with E-state index in [-0.39, 0.29) is 5.28 Å². The van der Waals surface area contributed by atoms with E-state index in [2.05, 4.69) is 19.9 Å². The first kappa shape index (κ1) is 12.3. The van der Waals surface area contributed by atoms with Crippen molar-refractivity contribution < 1.29 is 4.74 Å². The molecule has 0 spiro atoms. The van der Waals surface area contributed by atoms with E-state index >= 15 is 0 Å². The van der Waals surface area contributed by atoms with Crippen LogP contribution in [0.1, 0.15) is 5.56 Å². The number of rotatable bonds is 2. The summed E-state index contributed by atoms with van der Waals surface area (Å²) < 4.78 is 7.19. The third kappa shape index (κ3) is 2.23. The van der Waals surface area contributed by atoms with Crippen molar-refractivity contribution in [3.8, 4) is 23.1 Å². The zero-order chi connectivity index (χ0) is 14.2. The van der Waals surface area contributed by atoms with Gasteiger partial charge in [-0.1, -0.05) is 0 Å². The molecule has 0 saturated carbocycles. The molecule has 104 valence electrons. The quantitative estimate of drug-likeness (QED) is 0.726. The predicted molar refractivity (Wildman–Crippen MR) is 76.6 cm³/mol. The van der Waals surface area contributed by atoms with Crippen LogP contribution in [0.3, 0.4) is 0 Å². The lowest BCUT2D eigenvalue weighted by Gasteiger charge is -2.06. The van der Waals surface area contributed by atoms with Crippen molar-refractivity contribution in [2.75, 3.05) is 6.61 Å². The molecular formula is C14H10ClN5O. The number of hydrogen-bond donors (Lipinski definition) is 0. The van der Waals surface area contributed by atoms with E-state index in [9.17, 15) is 0 Å². The molecule has 7 heteroatoms. The van der Waals surface area contributed by atoms with Crippen LogP contribution in [0.25, 0.3) is 17.3 Å². The Labute approximate surface area is 125 Å². The molecule has 0 fully saturated rings. The Morgan fingerprint density at radius 1 is 1.19 bits per heavy atom. The Hall–Kier alpha value is -2.47. The van der Waals surface area contributed by atoms with E-state index in [1.165, 1.54) is 0 Å². The van der Waals surface area contributed by atoms with Gasteiger partial charge in [0, 0.05) is 24.4 Å². The van der Waals surface area contributed by atoms with E-state index in [0.29, 0.717) is 11.8 Å². The number of nitrogens with zero attached hydrogens (tertiary/aromatic N) is 5. The first-order valence-electron chi connectivity index (χ1n) is 6.45. The monoisotopic (exact) mass is 299 g/mol. The maximum absolute atomic E-state index is 6.01. The second-order valence-electron chi connectivity index (χ2n) is 4.62. The molecule has 3 heterocycles. The van der Waals surface area contributed by atoms with E-state index in [1.54, 1.807) is 23.3 Å². The van der Waals surface area contributed by atoms with E-state index in [1.807, 2.05) is 18.2 Å². The minimum atomic E-state index is 0.153. The van der Waals surface area contributed by atoms with Crippen molar-refractivity contribution >= 4 is 11.6 Å². The fourth-order valence-corrected chi connectivity index (χ4v) is 2.44. The van der Waals surface area contributed by atoms with Crippen molar-refractivity contribution in [2.45, 2.75) is 6.42 Å². The van der Waals surface area contributed by atoms with Gasteiger partial charge in [-0.2, -0.15) is 15.0 Å². The van der Waals surface area contributed by atoms with Crippen molar-refractivity contribution in [3.63, 3.8) is 0 Å². The second-order valence-corrected chi connectivity index (χ2v) is 4.96. The molecule has 0 saturated heterocycles. The molecule has 1 aromatic carbocycles. The number of benzene rings is 1. The lowest BCUT2D eigenvalue weighted by molar-refractivity contribution is 0.357. The molecule has 2 aromatic heterocycles. The Kier molecular flexibility index (Phi) is 2.82. The minimum absolute atomic E-state index is 0.153. The molecule has 1 aliphatic rings. The SMILES string of the molecule is Clc1nc(-c2ccc3c(c2)CCO3)nc(-n2ccnc2)n1. The van der Waals surface area contributed by atoms with E-state index in [4.69, 9.17) is 16.3 Å². The molecule has 3 aromatic rings. The zero-order valence-electron chi connectivity index (χ0n) is 10.9. The average Bonchev–Trinajstić information content (AvgIpc) is 3.17. The first-order valence-corrected chi connectivity index (χ1v) is 6.83. The van der Waals surface area contributed by atoms with Gasteiger partial charge in [-0.25, -0.2) is 4.98 Å². The van der Waals surface area contributed by atoms with Gasteiger partial charge in [0.05, 0.1) is 6.61 Å². The maximum atomic E-state index is 6.01. The molecule has 4 rings (SSSR count). The number of imidazole rings is 1. The highest BCUT2D eigenvalue weighted by Gasteiger charge is 2.15. The summed E-state index contributed by atoms with van der Waals surface area (Å²) in [6.45, 7) is 0.719. The van der Waals surface area contributed by atoms with Crippen LogP contribution in [0.2, 0.25) is 5.28 Å². The van der Waals surface area contributed by atoms with Crippen LogP contribution in [0.5, 0.6) is 5.75 Å². The van der Waals surface area contributed by atoms with Gasteiger partial charge in [-0.15, -0.1) is 0 Å². The van der Waals surface area contributed by atoms with Gasteiger partial charge in [0.2, 0.25) is 11.2 Å². The van der Waals surface area contributed by atoms with Crippen LogP contribution in [0, 0.1) is 0 Å². The number of ether oxygens (including phenoxy) is 1. The Morgan fingerprint density at radius 3 is 3.00 bits per heavy atom. The highest BCUT2D eigenvalue weighted by Crippen LogP contribution is 2.29. The first-order chi connectivity index (χ1) is 10.3. The summed E-state index contributed by atoms with van der Waals surface area (Å²) in [5, 5.41) is 0.153. The van der Waals surface area contributed by atoms with Crippen molar-refractivity contribution in [3.05, 3.63) is 47.8 Å². The Morgan fingerprint density at radius 2 is 2.14 bits per heavy atom. The summed E-state index contributed by atoms with van der Waals surface area (Å²) in [4.78, 5) is 16.8. The standard InChI is InChI=1S/C14H10ClN5O/c15-13-17-12(18-14(19-13)20-5-4-16-8-20)10-1-2-11-9(7-10)3-6-21-11/h1-2,4-5,7-8H,3,6H2. The lowest BCUT2D eigenvalue weighted by Crippen LogP contribution is -2.03. The van der Waals surface area contributed by atoms with E-state index < -0.39 is 0 Å². The van der Waals surface area contributed by atoms with Crippen LogP contribution >= 0.6 is 11.6 Å². The molecule has 0 atom stereocenters. The summed E-state index contributed by atoms with van der Waals surface area (Å²) in [6.07, 6.45) is 5.93. The molecule has 0 aliphatic carbocycles. The number of halogens is 1. The van der Waals surface area contributed by atoms with Gasteiger partial charge in [0.1, 0.15) is 12.1 Å². The van der Waals surface area contributed by atoms with Gasteiger partial charge < -0.3 is 4.74 Å². The molecule has 0 bridgehead atoms. The van der Waals surface area contributed by atoms with Crippen molar-refractivity contribution in [2.24, 2.45) is 0 Å². The molecular weight excluding hydrogens is 290 g/mol. The van der Waals surface area contributed by atoms with Crippen molar-refractivity contribution in [1.29, 1.82) is 0 Å². The van der Waals surface area contributed by atoms with Crippen molar-refractivity contribution in [1.82, 2.24) is 24.5 Å². The zero-order valence-corrected chi connectivity index (χ0v) is 11.7. The molecule has 6 nitrogen and oxygen atoms in total.